The molecule has 1 unspecified atom stereocenters. The summed E-state index contributed by atoms with van der Waals surface area (Å²) in [6, 6.07) is 2.23. The van der Waals surface area contributed by atoms with Gasteiger partial charge in [-0.3, -0.25) is 9.80 Å². The zero-order chi connectivity index (χ0) is 11.5. The number of piperazine rings is 1. The Morgan fingerprint density at radius 2 is 2.12 bits per heavy atom. The van der Waals surface area contributed by atoms with Crippen LogP contribution in [-0.2, 0) is 0 Å². The van der Waals surface area contributed by atoms with Gasteiger partial charge in [0.25, 0.3) is 0 Å². The van der Waals surface area contributed by atoms with Crippen molar-refractivity contribution in [3.05, 3.63) is 20.8 Å². The molecule has 1 saturated heterocycles. The molecule has 90 valence electrons. The Hall–Kier alpha value is 0.0600. The second-order valence-electron chi connectivity index (χ2n) is 4.29. The highest BCUT2D eigenvalue weighted by Crippen LogP contribution is 2.30. The molecule has 5 heteroatoms. The third kappa shape index (κ3) is 2.84. The third-order valence-corrected chi connectivity index (χ3v) is 4.56. The number of halogens is 1. The minimum atomic E-state index is 0.415. The van der Waals surface area contributed by atoms with Gasteiger partial charge in [0.1, 0.15) is 0 Å². The second kappa shape index (κ2) is 5.60. The van der Waals surface area contributed by atoms with Crippen molar-refractivity contribution in [1.29, 1.82) is 0 Å². The zero-order valence-electron chi connectivity index (χ0n) is 9.74. The number of hydrogen-bond donors (Lipinski definition) is 1. The fraction of sp³-hybridized carbons (Fsp3) is 0.636. The lowest BCUT2D eigenvalue weighted by Crippen LogP contribution is -2.48. The fourth-order valence-electron chi connectivity index (χ4n) is 2.15. The first-order valence-electron chi connectivity index (χ1n) is 5.53. The number of nitrogens with zero attached hydrogens (tertiary/aromatic N) is 2. The van der Waals surface area contributed by atoms with E-state index in [1.54, 1.807) is 0 Å². The van der Waals surface area contributed by atoms with E-state index in [0.717, 1.165) is 26.2 Å². The van der Waals surface area contributed by atoms with Crippen molar-refractivity contribution in [2.75, 3.05) is 40.3 Å². The molecule has 2 heterocycles. The maximum atomic E-state index is 3.53. The average Bonchev–Trinajstić information content (AvgIpc) is 2.66. The first-order valence-corrected chi connectivity index (χ1v) is 7.21. The molecule has 0 bridgehead atoms. The van der Waals surface area contributed by atoms with E-state index in [4.69, 9.17) is 0 Å². The van der Waals surface area contributed by atoms with Crippen LogP contribution in [-0.4, -0.2) is 50.1 Å². The normalized spacial score (nSPS) is 20.2. The van der Waals surface area contributed by atoms with Crippen molar-refractivity contribution in [3.63, 3.8) is 0 Å². The zero-order valence-corrected chi connectivity index (χ0v) is 12.1. The van der Waals surface area contributed by atoms with Crippen LogP contribution < -0.4 is 5.32 Å². The van der Waals surface area contributed by atoms with Crippen molar-refractivity contribution in [1.82, 2.24) is 15.1 Å². The summed E-state index contributed by atoms with van der Waals surface area (Å²) in [5, 5.41) is 5.56. The molecule has 1 aromatic rings. The third-order valence-electron chi connectivity index (χ3n) is 2.83. The van der Waals surface area contributed by atoms with Gasteiger partial charge in [-0.05, 0) is 36.1 Å². The average molecular weight is 304 g/mol. The molecule has 1 aromatic heterocycles. The Morgan fingerprint density at radius 1 is 1.44 bits per heavy atom. The van der Waals surface area contributed by atoms with E-state index in [-0.39, 0.29) is 0 Å². The quantitative estimate of drug-likeness (QED) is 0.921. The van der Waals surface area contributed by atoms with E-state index in [2.05, 4.69) is 56.6 Å². The van der Waals surface area contributed by atoms with E-state index in [1.807, 2.05) is 11.3 Å². The number of thiophene rings is 1. The van der Waals surface area contributed by atoms with Crippen LogP contribution in [0.15, 0.2) is 15.9 Å². The minimum Gasteiger partial charge on any atom is -0.314 e. The fourth-order valence-corrected chi connectivity index (χ4v) is 3.82. The van der Waals surface area contributed by atoms with Crippen molar-refractivity contribution in [3.8, 4) is 0 Å². The highest BCUT2D eigenvalue weighted by molar-refractivity contribution is 9.10. The number of nitrogens with one attached hydrogen (secondary N) is 1. The monoisotopic (exact) mass is 303 g/mol. The molecule has 1 fully saturated rings. The van der Waals surface area contributed by atoms with Crippen LogP contribution in [0.5, 0.6) is 0 Å². The molecule has 0 aromatic carbocycles. The van der Waals surface area contributed by atoms with Crippen LogP contribution in [0.1, 0.15) is 11.0 Å². The maximum absolute atomic E-state index is 3.53. The van der Waals surface area contributed by atoms with E-state index in [0.29, 0.717) is 6.17 Å². The van der Waals surface area contributed by atoms with Crippen molar-refractivity contribution in [2.45, 2.75) is 6.17 Å². The van der Waals surface area contributed by atoms with Crippen molar-refractivity contribution in [2.24, 2.45) is 0 Å². The summed E-state index contributed by atoms with van der Waals surface area (Å²) >= 11 is 5.36. The number of rotatable bonds is 3. The highest BCUT2D eigenvalue weighted by atomic mass is 79.9. The molecule has 0 amide bonds. The van der Waals surface area contributed by atoms with Crippen LogP contribution >= 0.6 is 27.3 Å². The van der Waals surface area contributed by atoms with Gasteiger partial charge >= 0.3 is 0 Å². The van der Waals surface area contributed by atoms with E-state index >= 15 is 0 Å². The van der Waals surface area contributed by atoms with Gasteiger partial charge in [0.15, 0.2) is 0 Å². The Bertz CT molecular complexity index is 334. The Morgan fingerprint density at radius 3 is 2.62 bits per heavy atom. The van der Waals surface area contributed by atoms with Gasteiger partial charge in [-0.15, -0.1) is 11.3 Å². The summed E-state index contributed by atoms with van der Waals surface area (Å²) in [4.78, 5) is 6.25. The molecule has 16 heavy (non-hydrogen) atoms. The molecule has 0 saturated carbocycles. The number of hydrogen-bond acceptors (Lipinski definition) is 4. The van der Waals surface area contributed by atoms with Crippen molar-refractivity contribution < 1.29 is 0 Å². The lowest BCUT2D eigenvalue weighted by molar-refractivity contribution is 0.0699. The van der Waals surface area contributed by atoms with E-state index < -0.39 is 0 Å². The van der Waals surface area contributed by atoms with Crippen LogP contribution in [0.3, 0.4) is 0 Å². The summed E-state index contributed by atoms with van der Waals surface area (Å²) in [5.74, 6) is 0. The second-order valence-corrected chi connectivity index (χ2v) is 6.15. The smallest absolute Gasteiger partial charge is 0.0976 e. The topological polar surface area (TPSA) is 18.5 Å². The van der Waals surface area contributed by atoms with Gasteiger partial charge in [-0.2, -0.15) is 0 Å². The van der Waals surface area contributed by atoms with E-state index in [9.17, 15) is 0 Å². The highest BCUT2D eigenvalue weighted by Gasteiger charge is 2.24. The predicted octanol–water partition coefficient (Wildman–Crippen LogP) is 1.98. The van der Waals surface area contributed by atoms with Gasteiger partial charge in [0, 0.05) is 40.9 Å². The summed E-state index contributed by atoms with van der Waals surface area (Å²) in [5.41, 5.74) is 0. The SMILES string of the molecule is CN(C)C(c1cc(Br)cs1)N1CCNCC1. The molecular weight excluding hydrogens is 286 g/mol. The molecule has 1 aliphatic rings. The summed E-state index contributed by atoms with van der Waals surface area (Å²) in [7, 11) is 4.31. The van der Waals surface area contributed by atoms with Gasteiger partial charge < -0.3 is 5.32 Å². The van der Waals surface area contributed by atoms with Crippen LogP contribution in [0.2, 0.25) is 0 Å². The van der Waals surface area contributed by atoms with Gasteiger partial charge in [-0.25, -0.2) is 0 Å². The summed E-state index contributed by atoms with van der Waals surface area (Å²) in [6.07, 6.45) is 0.415. The minimum absolute atomic E-state index is 0.415. The first kappa shape index (κ1) is 12.5. The lowest BCUT2D eigenvalue weighted by atomic mass is 10.2. The van der Waals surface area contributed by atoms with Crippen LogP contribution in [0.25, 0.3) is 0 Å². The molecule has 3 nitrogen and oxygen atoms in total. The molecule has 0 spiro atoms. The van der Waals surface area contributed by atoms with Gasteiger partial charge in [-0.1, -0.05) is 0 Å². The molecule has 2 rings (SSSR count). The molecule has 0 aliphatic carbocycles. The lowest BCUT2D eigenvalue weighted by Gasteiger charge is -2.38. The van der Waals surface area contributed by atoms with Gasteiger partial charge in [0.05, 0.1) is 6.17 Å². The molecule has 1 aliphatic heterocycles. The molecule has 1 atom stereocenters. The Balaban J connectivity index is 2.16. The summed E-state index contributed by atoms with van der Waals surface area (Å²) in [6.45, 7) is 4.44. The predicted molar refractivity (Wildman–Crippen MR) is 72.9 cm³/mol. The van der Waals surface area contributed by atoms with E-state index in [1.165, 1.54) is 9.35 Å². The Kier molecular flexibility index (Phi) is 4.38. The van der Waals surface area contributed by atoms with Crippen molar-refractivity contribution >= 4 is 27.3 Å². The van der Waals surface area contributed by atoms with Gasteiger partial charge in [0.2, 0.25) is 0 Å². The standard InChI is InChI=1S/C11H18BrN3S/c1-14(2)11(10-7-9(12)8-16-10)15-5-3-13-4-6-15/h7-8,11,13H,3-6H2,1-2H3. The largest absolute Gasteiger partial charge is 0.314 e. The molecule has 0 radical (unpaired) electrons. The molecular formula is C11H18BrN3S. The summed E-state index contributed by atoms with van der Waals surface area (Å²) < 4.78 is 1.19. The van der Waals surface area contributed by atoms with Crippen LogP contribution in [0, 0.1) is 0 Å². The molecule has 1 N–H and O–H groups in total. The first-order chi connectivity index (χ1) is 7.68. The van der Waals surface area contributed by atoms with Crippen LogP contribution in [0.4, 0.5) is 0 Å². The Labute approximate surface area is 110 Å². The maximum Gasteiger partial charge on any atom is 0.0976 e.